The summed E-state index contributed by atoms with van der Waals surface area (Å²) < 4.78 is 31.9. The van der Waals surface area contributed by atoms with Gasteiger partial charge in [-0.1, -0.05) is 30.3 Å². The van der Waals surface area contributed by atoms with E-state index in [1.54, 1.807) is 32.4 Å². The molecule has 1 N–H and O–H groups in total. The van der Waals surface area contributed by atoms with Crippen molar-refractivity contribution in [1.29, 1.82) is 0 Å². The van der Waals surface area contributed by atoms with Gasteiger partial charge in [-0.05, 0) is 45.8 Å². The van der Waals surface area contributed by atoms with Gasteiger partial charge in [0.05, 0.1) is 19.9 Å². The third kappa shape index (κ3) is 4.75. The van der Waals surface area contributed by atoms with E-state index in [0.29, 0.717) is 34.8 Å². The Balaban J connectivity index is 1.75. The molecule has 0 aliphatic heterocycles. The number of hydrogen-bond donors (Lipinski definition) is 1. The number of rotatable bonds is 8. The van der Waals surface area contributed by atoms with Crippen molar-refractivity contribution in [2.45, 2.75) is 13.2 Å². The molecular formula is C22H21BrFNO3. The van der Waals surface area contributed by atoms with Crippen LogP contribution in [0.1, 0.15) is 11.1 Å². The molecule has 3 rings (SSSR count). The Morgan fingerprint density at radius 2 is 1.71 bits per heavy atom. The number of benzene rings is 3. The highest BCUT2D eigenvalue weighted by Gasteiger charge is 2.14. The summed E-state index contributed by atoms with van der Waals surface area (Å²) in [5, 5.41) is 3.13. The molecule has 0 bridgehead atoms. The van der Waals surface area contributed by atoms with Gasteiger partial charge in [-0.3, -0.25) is 0 Å². The minimum Gasteiger partial charge on any atom is -0.497 e. The summed E-state index contributed by atoms with van der Waals surface area (Å²) in [6.45, 7) is 0.677. The summed E-state index contributed by atoms with van der Waals surface area (Å²) >= 11 is 3.40. The minimum atomic E-state index is -0.446. The van der Waals surface area contributed by atoms with E-state index in [0.717, 1.165) is 11.1 Å². The first-order valence-electron chi connectivity index (χ1n) is 8.72. The zero-order valence-corrected chi connectivity index (χ0v) is 17.3. The van der Waals surface area contributed by atoms with Crippen LogP contribution in [0.25, 0.3) is 0 Å². The lowest BCUT2D eigenvalue weighted by molar-refractivity contribution is 0.290. The second-order valence-electron chi connectivity index (χ2n) is 6.04. The van der Waals surface area contributed by atoms with E-state index in [1.165, 1.54) is 0 Å². The summed E-state index contributed by atoms with van der Waals surface area (Å²) in [5.74, 6) is 1.11. The highest BCUT2D eigenvalue weighted by molar-refractivity contribution is 9.10. The smallest absolute Gasteiger partial charge is 0.189 e. The van der Waals surface area contributed by atoms with Gasteiger partial charge in [-0.2, -0.15) is 0 Å². The van der Waals surface area contributed by atoms with Crippen molar-refractivity contribution in [3.05, 3.63) is 82.1 Å². The Morgan fingerprint density at radius 3 is 2.43 bits per heavy atom. The average Bonchev–Trinajstić information content (AvgIpc) is 2.73. The Bertz CT molecular complexity index is 935. The van der Waals surface area contributed by atoms with Gasteiger partial charge in [0, 0.05) is 22.6 Å². The lowest BCUT2D eigenvalue weighted by atomic mass is 10.1. The molecule has 3 aromatic rings. The minimum absolute atomic E-state index is 0.191. The lowest BCUT2D eigenvalue weighted by Gasteiger charge is -2.15. The van der Waals surface area contributed by atoms with Crippen LogP contribution in [-0.4, -0.2) is 14.2 Å². The molecule has 0 fully saturated rings. The highest BCUT2D eigenvalue weighted by atomic mass is 79.9. The molecule has 0 saturated heterocycles. The topological polar surface area (TPSA) is 39.7 Å². The maximum absolute atomic E-state index is 15.0. The molecular weight excluding hydrogens is 425 g/mol. The Labute approximate surface area is 172 Å². The van der Waals surface area contributed by atoms with Gasteiger partial charge >= 0.3 is 0 Å². The van der Waals surface area contributed by atoms with Crippen molar-refractivity contribution in [1.82, 2.24) is 0 Å². The molecule has 0 radical (unpaired) electrons. The number of methoxy groups -OCH3 is 2. The maximum atomic E-state index is 15.0. The molecule has 0 atom stereocenters. The molecule has 0 aromatic heterocycles. The van der Waals surface area contributed by atoms with E-state index in [9.17, 15) is 4.39 Å². The van der Waals surface area contributed by atoms with Gasteiger partial charge in [-0.25, -0.2) is 4.39 Å². The third-order valence-corrected chi connectivity index (χ3v) is 4.90. The Morgan fingerprint density at radius 1 is 0.929 bits per heavy atom. The van der Waals surface area contributed by atoms with Crippen LogP contribution in [0.3, 0.4) is 0 Å². The number of nitrogens with one attached hydrogen (secondary N) is 1. The van der Waals surface area contributed by atoms with Crippen LogP contribution in [0.5, 0.6) is 17.2 Å². The van der Waals surface area contributed by atoms with Crippen molar-refractivity contribution in [2.24, 2.45) is 0 Å². The molecule has 0 heterocycles. The highest BCUT2D eigenvalue weighted by Crippen LogP contribution is 2.34. The predicted octanol–water partition coefficient (Wildman–Crippen LogP) is 5.80. The second-order valence-corrected chi connectivity index (χ2v) is 6.89. The SMILES string of the molecule is COc1ccc(CNc2c(Br)ccc(OCc3ccccc3)c2F)c(OC)c1. The first kappa shape index (κ1) is 20.0. The fourth-order valence-electron chi connectivity index (χ4n) is 2.72. The molecule has 4 nitrogen and oxygen atoms in total. The van der Waals surface area contributed by atoms with Crippen LogP contribution < -0.4 is 19.5 Å². The first-order chi connectivity index (χ1) is 13.6. The standard InChI is InChI=1S/C22H21BrFNO3/c1-26-17-9-8-16(20(12-17)27-2)13-25-22-18(23)10-11-19(21(22)24)28-14-15-6-4-3-5-7-15/h3-12,25H,13-14H2,1-2H3. The number of anilines is 1. The van der Waals surface area contributed by atoms with Crippen LogP contribution in [0.4, 0.5) is 10.1 Å². The van der Waals surface area contributed by atoms with E-state index in [1.807, 2.05) is 42.5 Å². The quantitative estimate of drug-likeness (QED) is 0.475. The number of hydrogen-bond acceptors (Lipinski definition) is 4. The molecule has 6 heteroatoms. The molecule has 0 unspecified atom stereocenters. The van der Waals surface area contributed by atoms with E-state index >= 15 is 0 Å². The molecule has 0 aliphatic carbocycles. The second kappa shape index (κ2) is 9.46. The van der Waals surface area contributed by atoms with E-state index in [4.69, 9.17) is 14.2 Å². The monoisotopic (exact) mass is 445 g/mol. The molecule has 0 saturated carbocycles. The van der Waals surface area contributed by atoms with Crippen LogP contribution in [0.15, 0.2) is 65.1 Å². The van der Waals surface area contributed by atoms with Gasteiger partial charge in [0.2, 0.25) is 0 Å². The lowest BCUT2D eigenvalue weighted by Crippen LogP contribution is -2.06. The maximum Gasteiger partial charge on any atom is 0.189 e. The number of halogens is 2. The van der Waals surface area contributed by atoms with Gasteiger partial charge in [0.25, 0.3) is 0 Å². The summed E-state index contributed by atoms with van der Waals surface area (Å²) in [4.78, 5) is 0. The van der Waals surface area contributed by atoms with Gasteiger partial charge in [0.1, 0.15) is 18.1 Å². The van der Waals surface area contributed by atoms with Crippen molar-refractivity contribution >= 4 is 21.6 Å². The Hall–Kier alpha value is -2.73. The fraction of sp³-hybridized carbons (Fsp3) is 0.182. The predicted molar refractivity (Wildman–Crippen MR) is 112 cm³/mol. The normalized spacial score (nSPS) is 10.4. The van der Waals surface area contributed by atoms with Crippen molar-refractivity contribution in [2.75, 3.05) is 19.5 Å². The number of ether oxygens (including phenoxy) is 3. The molecule has 146 valence electrons. The third-order valence-electron chi connectivity index (χ3n) is 4.24. The molecule has 3 aromatic carbocycles. The van der Waals surface area contributed by atoms with E-state index in [-0.39, 0.29) is 5.75 Å². The van der Waals surface area contributed by atoms with Crippen LogP contribution in [0, 0.1) is 5.82 Å². The van der Waals surface area contributed by atoms with Crippen LogP contribution >= 0.6 is 15.9 Å². The average molecular weight is 446 g/mol. The van der Waals surface area contributed by atoms with Gasteiger partial charge < -0.3 is 19.5 Å². The van der Waals surface area contributed by atoms with Crippen LogP contribution in [-0.2, 0) is 13.2 Å². The summed E-state index contributed by atoms with van der Waals surface area (Å²) in [5.41, 5.74) is 2.19. The largest absolute Gasteiger partial charge is 0.497 e. The molecule has 0 aliphatic rings. The van der Waals surface area contributed by atoms with Gasteiger partial charge in [-0.15, -0.1) is 0 Å². The molecule has 0 amide bonds. The summed E-state index contributed by atoms with van der Waals surface area (Å²) in [6.07, 6.45) is 0. The molecule has 28 heavy (non-hydrogen) atoms. The summed E-state index contributed by atoms with van der Waals surface area (Å²) in [6, 6.07) is 18.5. The zero-order chi connectivity index (χ0) is 19.9. The van der Waals surface area contributed by atoms with Gasteiger partial charge in [0.15, 0.2) is 11.6 Å². The van der Waals surface area contributed by atoms with E-state index in [2.05, 4.69) is 21.2 Å². The first-order valence-corrected chi connectivity index (χ1v) is 9.51. The van der Waals surface area contributed by atoms with E-state index < -0.39 is 5.82 Å². The summed E-state index contributed by atoms with van der Waals surface area (Å²) in [7, 11) is 3.19. The van der Waals surface area contributed by atoms with Crippen molar-refractivity contribution in [3.8, 4) is 17.2 Å². The zero-order valence-electron chi connectivity index (χ0n) is 15.7. The fourth-order valence-corrected chi connectivity index (χ4v) is 3.17. The molecule has 0 spiro atoms. The van der Waals surface area contributed by atoms with Crippen molar-refractivity contribution < 1.29 is 18.6 Å². The van der Waals surface area contributed by atoms with Crippen LogP contribution in [0.2, 0.25) is 0 Å². The Kier molecular flexibility index (Phi) is 6.76. The van der Waals surface area contributed by atoms with Crippen molar-refractivity contribution in [3.63, 3.8) is 0 Å².